The molecule has 0 aliphatic heterocycles. The molecule has 0 unspecified atom stereocenters. The summed E-state index contributed by atoms with van der Waals surface area (Å²) in [5.74, 6) is 1.25. The second kappa shape index (κ2) is 4.73. The molecule has 0 bridgehead atoms. The molecule has 0 spiro atoms. The van der Waals surface area contributed by atoms with Gasteiger partial charge in [-0.25, -0.2) is 0 Å². The monoisotopic (exact) mass is 206 g/mol. The average Bonchev–Trinajstić information content (AvgIpc) is 2.38. The first kappa shape index (κ1) is 9.87. The third-order valence-corrected chi connectivity index (χ3v) is 2.27. The van der Waals surface area contributed by atoms with Gasteiger partial charge in [0.25, 0.3) is 0 Å². The lowest BCUT2D eigenvalue weighted by atomic mass is 10.1. The number of hydrogen-bond acceptors (Lipinski definition) is 1. The number of H-pyrrole nitrogens is 1. The van der Waals surface area contributed by atoms with Gasteiger partial charge in [0, 0.05) is 30.3 Å². The quantitative estimate of drug-likeness (QED) is 0.754. The molecule has 1 aromatic rings. The first-order chi connectivity index (χ1) is 5.79. The van der Waals surface area contributed by atoms with Crippen molar-refractivity contribution >= 4 is 23.2 Å². The van der Waals surface area contributed by atoms with E-state index in [2.05, 4.69) is 10.2 Å². The van der Waals surface area contributed by atoms with Crippen LogP contribution in [-0.2, 0) is 12.8 Å². The van der Waals surface area contributed by atoms with Crippen molar-refractivity contribution in [2.45, 2.75) is 19.8 Å². The summed E-state index contributed by atoms with van der Waals surface area (Å²) in [6.07, 6.45) is 1.68. The summed E-state index contributed by atoms with van der Waals surface area (Å²) < 4.78 is 0. The van der Waals surface area contributed by atoms with Gasteiger partial charge in [0.15, 0.2) is 0 Å². The summed E-state index contributed by atoms with van der Waals surface area (Å²) >= 11 is 11.2. The van der Waals surface area contributed by atoms with Gasteiger partial charge >= 0.3 is 0 Å². The molecule has 0 fully saturated rings. The normalized spacial score (nSPS) is 10.6. The van der Waals surface area contributed by atoms with Crippen LogP contribution in [0.1, 0.15) is 17.0 Å². The van der Waals surface area contributed by atoms with Crippen molar-refractivity contribution in [2.75, 3.05) is 11.8 Å². The molecule has 0 radical (unpaired) electrons. The lowest BCUT2D eigenvalue weighted by molar-refractivity contribution is 0.940. The van der Waals surface area contributed by atoms with E-state index in [-0.39, 0.29) is 0 Å². The fourth-order valence-electron chi connectivity index (χ4n) is 1.15. The molecule has 0 saturated carbocycles. The molecular formula is C8H12Cl2N2. The Hall–Kier alpha value is -0.210. The highest BCUT2D eigenvalue weighted by molar-refractivity contribution is 6.18. The van der Waals surface area contributed by atoms with Crippen molar-refractivity contribution in [3.8, 4) is 0 Å². The number of hydrogen-bond donors (Lipinski definition) is 1. The van der Waals surface area contributed by atoms with Gasteiger partial charge in [-0.15, -0.1) is 23.2 Å². The number of alkyl halides is 2. The molecule has 0 aromatic carbocycles. The summed E-state index contributed by atoms with van der Waals surface area (Å²) in [6, 6.07) is 0. The lowest BCUT2D eigenvalue weighted by Crippen LogP contribution is -1.91. The summed E-state index contributed by atoms with van der Waals surface area (Å²) in [6.45, 7) is 2.05. The van der Waals surface area contributed by atoms with E-state index in [0.717, 1.165) is 24.2 Å². The summed E-state index contributed by atoms with van der Waals surface area (Å²) in [5, 5.41) is 7.12. The zero-order valence-corrected chi connectivity index (χ0v) is 8.54. The van der Waals surface area contributed by atoms with Crippen molar-refractivity contribution in [2.24, 2.45) is 0 Å². The Morgan fingerprint density at radius 2 is 1.92 bits per heavy atom. The van der Waals surface area contributed by atoms with Gasteiger partial charge in [0.1, 0.15) is 0 Å². The van der Waals surface area contributed by atoms with E-state index in [0.29, 0.717) is 11.8 Å². The number of nitrogens with zero attached hydrogens (tertiary/aromatic N) is 1. The Morgan fingerprint density at radius 1 is 1.25 bits per heavy atom. The molecule has 12 heavy (non-hydrogen) atoms. The molecule has 68 valence electrons. The molecule has 4 heteroatoms. The predicted octanol–water partition coefficient (Wildman–Crippen LogP) is 2.28. The van der Waals surface area contributed by atoms with Gasteiger partial charge in [-0.2, -0.15) is 5.10 Å². The molecule has 1 aromatic heterocycles. The molecule has 1 heterocycles. The minimum absolute atomic E-state index is 0.617. The maximum absolute atomic E-state index is 5.62. The Balaban J connectivity index is 2.74. The number of aryl methyl sites for hydroxylation is 2. The van der Waals surface area contributed by atoms with Crippen LogP contribution in [0.5, 0.6) is 0 Å². The highest BCUT2D eigenvalue weighted by Crippen LogP contribution is 2.11. The van der Waals surface area contributed by atoms with Crippen LogP contribution >= 0.6 is 23.2 Å². The summed E-state index contributed by atoms with van der Waals surface area (Å²) in [5.41, 5.74) is 3.39. The van der Waals surface area contributed by atoms with Crippen molar-refractivity contribution in [1.82, 2.24) is 10.2 Å². The van der Waals surface area contributed by atoms with E-state index in [9.17, 15) is 0 Å². The minimum Gasteiger partial charge on any atom is -0.282 e. The van der Waals surface area contributed by atoms with Crippen LogP contribution in [-0.4, -0.2) is 22.0 Å². The zero-order valence-electron chi connectivity index (χ0n) is 7.03. The molecule has 0 aliphatic rings. The van der Waals surface area contributed by atoms with Crippen LogP contribution in [0, 0.1) is 6.92 Å². The molecule has 1 N–H and O–H groups in total. The third-order valence-electron chi connectivity index (χ3n) is 1.89. The molecule has 2 nitrogen and oxygen atoms in total. The molecular weight excluding hydrogens is 195 g/mol. The highest BCUT2D eigenvalue weighted by Gasteiger charge is 2.06. The highest BCUT2D eigenvalue weighted by atomic mass is 35.5. The SMILES string of the molecule is Cc1c(CCCl)n[nH]c1CCCl. The van der Waals surface area contributed by atoms with Crippen molar-refractivity contribution < 1.29 is 0 Å². The fraction of sp³-hybridized carbons (Fsp3) is 0.625. The maximum atomic E-state index is 5.62. The Labute approximate surface area is 82.3 Å². The third kappa shape index (κ3) is 2.14. The average molecular weight is 207 g/mol. The summed E-state index contributed by atoms with van der Waals surface area (Å²) in [7, 11) is 0. The van der Waals surface area contributed by atoms with Gasteiger partial charge < -0.3 is 0 Å². The van der Waals surface area contributed by atoms with Gasteiger partial charge in [-0.05, 0) is 12.5 Å². The van der Waals surface area contributed by atoms with Gasteiger partial charge in [0.2, 0.25) is 0 Å². The Morgan fingerprint density at radius 3 is 2.50 bits per heavy atom. The number of halogens is 2. The zero-order chi connectivity index (χ0) is 8.97. The van der Waals surface area contributed by atoms with Gasteiger partial charge in [-0.3, -0.25) is 5.10 Å². The fourth-order valence-corrected chi connectivity index (χ4v) is 1.52. The van der Waals surface area contributed by atoms with Crippen LogP contribution in [0.3, 0.4) is 0 Å². The van der Waals surface area contributed by atoms with Crippen molar-refractivity contribution in [3.05, 3.63) is 17.0 Å². The maximum Gasteiger partial charge on any atom is 0.0665 e. The number of aromatic amines is 1. The smallest absolute Gasteiger partial charge is 0.0665 e. The lowest BCUT2D eigenvalue weighted by Gasteiger charge is -1.95. The van der Waals surface area contributed by atoms with Gasteiger partial charge in [0.05, 0.1) is 5.69 Å². The largest absolute Gasteiger partial charge is 0.282 e. The molecule has 0 amide bonds. The molecule has 0 saturated heterocycles. The van der Waals surface area contributed by atoms with E-state index < -0.39 is 0 Å². The van der Waals surface area contributed by atoms with Crippen LogP contribution in [0.25, 0.3) is 0 Å². The van der Waals surface area contributed by atoms with E-state index >= 15 is 0 Å². The summed E-state index contributed by atoms with van der Waals surface area (Å²) in [4.78, 5) is 0. The van der Waals surface area contributed by atoms with E-state index in [1.807, 2.05) is 6.92 Å². The second-order valence-electron chi connectivity index (χ2n) is 2.65. The standard InChI is InChI=1S/C8H12Cl2N2/c1-6-7(2-4-9)11-12-8(6)3-5-10/h2-5H2,1H3,(H,11,12). The molecule has 0 aliphatic carbocycles. The van der Waals surface area contributed by atoms with Crippen LogP contribution in [0.4, 0.5) is 0 Å². The topological polar surface area (TPSA) is 28.7 Å². The van der Waals surface area contributed by atoms with Gasteiger partial charge in [-0.1, -0.05) is 0 Å². The molecule has 0 atom stereocenters. The second-order valence-corrected chi connectivity index (χ2v) is 3.41. The first-order valence-corrected chi connectivity index (χ1v) is 5.01. The Bertz CT molecular complexity index is 222. The van der Waals surface area contributed by atoms with Crippen molar-refractivity contribution in [1.29, 1.82) is 0 Å². The van der Waals surface area contributed by atoms with E-state index in [1.165, 1.54) is 5.56 Å². The van der Waals surface area contributed by atoms with E-state index in [1.54, 1.807) is 0 Å². The predicted molar refractivity (Wildman–Crippen MR) is 52.2 cm³/mol. The number of rotatable bonds is 4. The van der Waals surface area contributed by atoms with Crippen LogP contribution < -0.4 is 0 Å². The molecule has 1 rings (SSSR count). The van der Waals surface area contributed by atoms with E-state index in [4.69, 9.17) is 23.2 Å². The first-order valence-electron chi connectivity index (χ1n) is 3.94. The number of aromatic nitrogens is 2. The Kier molecular flexibility index (Phi) is 3.89. The number of nitrogens with one attached hydrogen (secondary N) is 1. The van der Waals surface area contributed by atoms with Crippen LogP contribution in [0.15, 0.2) is 0 Å². The minimum atomic E-state index is 0.617. The van der Waals surface area contributed by atoms with Crippen molar-refractivity contribution in [3.63, 3.8) is 0 Å². The van der Waals surface area contributed by atoms with Crippen LogP contribution in [0.2, 0.25) is 0 Å².